The van der Waals surface area contributed by atoms with E-state index in [9.17, 15) is 13.0 Å². The summed E-state index contributed by atoms with van der Waals surface area (Å²) in [6.45, 7) is 4.76. The van der Waals surface area contributed by atoms with Gasteiger partial charge in [0.05, 0.1) is 0 Å². The Morgan fingerprint density at radius 3 is 2.33 bits per heavy atom. The number of hydrogen-bond acceptors (Lipinski definition) is 4. The topological polar surface area (TPSA) is 106 Å². The smallest absolute Gasteiger partial charge is 0.276 e. The number of nitrogens with two attached hydrogens (primary N) is 2. The van der Waals surface area contributed by atoms with Gasteiger partial charge in [-0.25, -0.2) is 0 Å². The fourth-order valence-electron chi connectivity index (χ4n) is 1.72. The minimum Gasteiger partial charge on any atom is -0.402 e. The van der Waals surface area contributed by atoms with E-state index in [4.69, 9.17) is 11.5 Å². The largest absolute Gasteiger partial charge is 0.402 e. The standard InChI is InChI=1S/C9H16N2O3S/c1-5-4-7(10)9(3,15(12,13)14)6(2)8(5)11/h4,6H,10-11H2,1-3H3,(H,12,13,14). The second kappa shape index (κ2) is 3.24. The Kier molecular flexibility index (Phi) is 2.61. The van der Waals surface area contributed by atoms with Crippen molar-refractivity contribution in [3.63, 3.8) is 0 Å². The normalized spacial score (nSPS) is 32.8. The molecule has 1 aliphatic rings. The Balaban J connectivity index is 3.46. The predicted octanol–water partition coefficient (Wildman–Crippen LogP) is 0.358. The maximum atomic E-state index is 11.3. The molecule has 1 rings (SSSR count). The van der Waals surface area contributed by atoms with Gasteiger partial charge >= 0.3 is 0 Å². The quantitative estimate of drug-likeness (QED) is 0.566. The molecule has 1 aliphatic carbocycles. The lowest BCUT2D eigenvalue weighted by molar-refractivity contribution is 0.405. The van der Waals surface area contributed by atoms with Crippen LogP contribution < -0.4 is 11.5 Å². The van der Waals surface area contributed by atoms with Crippen molar-refractivity contribution in [1.82, 2.24) is 0 Å². The third-order valence-electron chi connectivity index (χ3n) is 3.23. The highest BCUT2D eigenvalue weighted by Gasteiger charge is 2.48. The third-order valence-corrected chi connectivity index (χ3v) is 4.89. The molecular weight excluding hydrogens is 216 g/mol. The summed E-state index contributed by atoms with van der Waals surface area (Å²) in [5, 5.41) is 0. The summed E-state index contributed by atoms with van der Waals surface area (Å²) in [5.74, 6) is -0.544. The first kappa shape index (κ1) is 12.1. The van der Waals surface area contributed by atoms with E-state index in [-0.39, 0.29) is 5.70 Å². The lowest BCUT2D eigenvalue weighted by atomic mass is 9.83. The molecule has 0 heterocycles. The molecule has 0 radical (unpaired) electrons. The number of rotatable bonds is 1. The molecule has 2 atom stereocenters. The first-order valence-electron chi connectivity index (χ1n) is 4.53. The van der Waals surface area contributed by atoms with Gasteiger partial charge in [0.1, 0.15) is 4.75 Å². The van der Waals surface area contributed by atoms with Crippen LogP contribution in [0.25, 0.3) is 0 Å². The molecule has 6 heteroatoms. The van der Waals surface area contributed by atoms with E-state index in [1.54, 1.807) is 13.8 Å². The van der Waals surface area contributed by atoms with E-state index in [0.29, 0.717) is 5.70 Å². The van der Waals surface area contributed by atoms with Gasteiger partial charge in [0.2, 0.25) is 0 Å². The van der Waals surface area contributed by atoms with Gasteiger partial charge in [-0.15, -0.1) is 0 Å². The van der Waals surface area contributed by atoms with Gasteiger partial charge in [0, 0.05) is 17.3 Å². The van der Waals surface area contributed by atoms with Crippen LogP contribution in [0.15, 0.2) is 23.0 Å². The maximum Gasteiger partial charge on any atom is 0.276 e. The first-order valence-corrected chi connectivity index (χ1v) is 5.97. The van der Waals surface area contributed by atoms with Gasteiger partial charge in [-0.3, -0.25) is 4.55 Å². The monoisotopic (exact) mass is 232 g/mol. The van der Waals surface area contributed by atoms with Crippen molar-refractivity contribution in [3.8, 4) is 0 Å². The molecule has 0 aromatic heterocycles. The van der Waals surface area contributed by atoms with Crippen LogP contribution in [0.3, 0.4) is 0 Å². The Morgan fingerprint density at radius 1 is 1.47 bits per heavy atom. The van der Waals surface area contributed by atoms with Gasteiger partial charge < -0.3 is 11.5 Å². The van der Waals surface area contributed by atoms with E-state index in [2.05, 4.69) is 0 Å². The zero-order valence-corrected chi connectivity index (χ0v) is 9.80. The van der Waals surface area contributed by atoms with Gasteiger partial charge in [-0.1, -0.05) is 6.92 Å². The Bertz CT molecular complexity index is 450. The third kappa shape index (κ3) is 1.53. The van der Waals surface area contributed by atoms with Crippen LogP contribution in [-0.2, 0) is 10.1 Å². The molecule has 86 valence electrons. The SMILES string of the molecule is CC1=C(N)C(C)C(C)(S(=O)(=O)O)C(N)=C1. The molecule has 0 aromatic rings. The van der Waals surface area contributed by atoms with Crippen LogP contribution in [0.1, 0.15) is 20.8 Å². The second-order valence-corrected chi connectivity index (χ2v) is 5.84. The van der Waals surface area contributed by atoms with Crippen molar-refractivity contribution in [2.75, 3.05) is 0 Å². The zero-order valence-electron chi connectivity index (χ0n) is 8.98. The molecule has 0 saturated heterocycles. The lowest BCUT2D eigenvalue weighted by Crippen LogP contribution is -2.49. The zero-order chi connectivity index (χ0) is 12.0. The molecule has 5 N–H and O–H groups in total. The minimum absolute atomic E-state index is 0.115. The summed E-state index contributed by atoms with van der Waals surface area (Å²) in [4.78, 5) is 0. The number of allylic oxidation sites excluding steroid dienone is 3. The van der Waals surface area contributed by atoms with E-state index in [1.165, 1.54) is 13.0 Å². The van der Waals surface area contributed by atoms with Gasteiger partial charge in [0.15, 0.2) is 0 Å². The average Bonchev–Trinajstić information content (AvgIpc) is 2.09. The van der Waals surface area contributed by atoms with Crippen molar-refractivity contribution >= 4 is 10.1 Å². The second-order valence-electron chi connectivity index (χ2n) is 4.04. The fourth-order valence-corrected chi connectivity index (χ4v) is 2.65. The van der Waals surface area contributed by atoms with E-state index >= 15 is 0 Å². The molecular formula is C9H16N2O3S. The van der Waals surface area contributed by atoms with Crippen LogP contribution >= 0.6 is 0 Å². The highest BCUT2D eigenvalue weighted by atomic mass is 32.2. The summed E-state index contributed by atoms with van der Waals surface area (Å²) < 4.78 is 30.4. The highest BCUT2D eigenvalue weighted by Crippen LogP contribution is 2.38. The molecule has 5 nitrogen and oxygen atoms in total. The molecule has 0 aliphatic heterocycles. The van der Waals surface area contributed by atoms with Crippen LogP contribution in [0.4, 0.5) is 0 Å². The van der Waals surface area contributed by atoms with E-state index in [0.717, 1.165) is 5.57 Å². The summed E-state index contributed by atoms with van der Waals surface area (Å²) in [5.41, 5.74) is 12.7. The fraction of sp³-hybridized carbons (Fsp3) is 0.556. The minimum atomic E-state index is -4.29. The van der Waals surface area contributed by atoms with Crippen molar-refractivity contribution in [3.05, 3.63) is 23.0 Å². The molecule has 0 bridgehead atoms. The molecule has 0 saturated carbocycles. The van der Waals surface area contributed by atoms with E-state index in [1.807, 2.05) is 0 Å². The molecule has 0 spiro atoms. The maximum absolute atomic E-state index is 11.3. The average molecular weight is 232 g/mol. The van der Waals surface area contributed by atoms with Gasteiger partial charge in [0.25, 0.3) is 10.1 Å². The summed E-state index contributed by atoms with van der Waals surface area (Å²) >= 11 is 0. The van der Waals surface area contributed by atoms with Gasteiger partial charge in [-0.05, 0) is 25.5 Å². The van der Waals surface area contributed by atoms with Crippen LogP contribution in [0, 0.1) is 5.92 Å². The lowest BCUT2D eigenvalue weighted by Gasteiger charge is -2.36. The Morgan fingerprint density at radius 2 is 1.93 bits per heavy atom. The highest BCUT2D eigenvalue weighted by molar-refractivity contribution is 7.87. The van der Waals surface area contributed by atoms with Crippen molar-refractivity contribution in [2.24, 2.45) is 17.4 Å². The van der Waals surface area contributed by atoms with Crippen molar-refractivity contribution in [1.29, 1.82) is 0 Å². The molecule has 15 heavy (non-hydrogen) atoms. The van der Waals surface area contributed by atoms with E-state index < -0.39 is 20.8 Å². The predicted molar refractivity (Wildman–Crippen MR) is 58.3 cm³/mol. The molecule has 0 fully saturated rings. The summed E-state index contributed by atoms with van der Waals surface area (Å²) in [6, 6.07) is 0. The van der Waals surface area contributed by atoms with Crippen LogP contribution in [-0.4, -0.2) is 17.7 Å². The Hall–Kier alpha value is -1.01. The van der Waals surface area contributed by atoms with Gasteiger partial charge in [-0.2, -0.15) is 8.42 Å². The molecule has 2 unspecified atom stereocenters. The molecule has 0 amide bonds. The summed E-state index contributed by atoms with van der Waals surface area (Å²) in [6.07, 6.45) is 1.49. The number of hydrogen-bond donors (Lipinski definition) is 3. The first-order chi connectivity index (χ1) is 6.62. The Labute approximate surface area is 89.6 Å². The van der Waals surface area contributed by atoms with Crippen LogP contribution in [0.5, 0.6) is 0 Å². The summed E-state index contributed by atoms with van der Waals surface area (Å²) in [7, 11) is -4.29. The van der Waals surface area contributed by atoms with Crippen molar-refractivity contribution < 1.29 is 13.0 Å². The van der Waals surface area contributed by atoms with Crippen LogP contribution in [0.2, 0.25) is 0 Å². The molecule has 0 aromatic carbocycles. The van der Waals surface area contributed by atoms with Crippen molar-refractivity contribution in [2.45, 2.75) is 25.5 Å².